The normalized spacial score (nSPS) is 12.3. The number of pyridine rings is 1. The topological polar surface area (TPSA) is 65.5 Å². The van der Waals surface area contributed by atoms with Crippen molar-refractivity contribution in [2.75, 3.05) is 25.5 Å². The summed E-state index contributed by atoms with van der Waals surface area (Å²) in [5, 5.41) is 12.4. The lowest BCUT2D eigenvalue weighted by Crippen LogP contribution is -2.32. The van der Waals surface area contributed by atoms with Crippen LogP contribution in [0.1, 0.15) is 30.6 Å². The van der Waals surface area contributed by atoms with Crippen LogP contribution in [0.5, 0.6) is 0 Å². The molecular formula is C14H23N3O2. The third-order valence-electron chi connectivity index (χ3n) is 2.71. The largest absolute Gasteiger partial charge is 0.391 e. The molecule has 0 saturated heterocycles. The molecule has 1 aromatic rings. The Morgan fingerprint density at radius 3 is 2.58 bits per heavy atom. The summed E-state index contributed by atoms with van der Waals surface area (Å²) >= 11 is 0. The maximum atomic E-state index is 11.8. The van der Waals surface area contributed by atoms with Crippen LogP contribution in [0.25, 0.3) is 0 Å². The highest BCUT2D eigenvalue weighted by molar-refractivity contribution is 5.94. The molecule has 0 bridgehead atoms. The lowest BCUT2D eigenvalue weighted by Gasteiger charge is -2.14. The number of nitrogens with zero attached hydrogens (tertiary/aromatic N) is 2. The Morgan fingerprint density at radius 2 is 2.11 bits per heavy atom. The average Bonchev–Trinajstić information content (AvgIpc) is 2.35. The summed E-state index contributed by atoms with van der Waals surface area (Å²) in [7, 11) is 3.79. The van der Waals surface area contributed by atoms with E-state index in [1.54, 1.807) is 18.3 Å². The molecule has 5 nitrogen and oxygen atoms in total. The minimum atomic E-state index is -0.502. The molecule has 0 aliphatic heterocycles. The van der Waals surface area contributed by atoms with Crippen LogP contribution in [0, 0.1) is 5.92 Å². The molecule has 1 rings (SSSR count). The molecule has 2 N–H and O–H groups in total. The quantitative estimate of drug-likeness (QED) is 0.813. The smallest absolute Gasteiger partial charge is 0.252 e. The van der Waals surface area contributed by atoms with Crippen molar-refractivity contribution in [1.29, 1.82) is 0 Å². The van der Waals surface area contributed by atoms with Crippen LogP contribution >= 0.6 is 0 Å². The van der Waals surface area contributed by atoms with Crippen molar-refractivity contribution in [2.45, 2.75) is 26.4 Å². The van der Waals surface area contributed by atoms with Crippen LogP contribution in [-0.2, 0) is 0 Å². The molecule has 1 heterocycles. The molecular weight excluding hydrogens is 242 g/mol. The fourth-order valence-electron chi connectivity index (χ4n) is 1.72. The number of aliphatic hydroxyl groups is 1. The van der Waals surface area contributed by atoms with Gasteiger partial charge in [0.25, 0.3) is 5.91 Å². The van der Waals surface area contributed by atoms with Gasteiger partial charge in [0.15, 0.2) is 0 Å². The summed E-state index contributed by atoms with van der Waals surface area (Å²) in [4.78, 5) is 17.9. The van der Waals surface area contributed by atoms with Crippen LogP contribution in [0.3, 0.4) is 0 Å². The Hall–Kier alpha value is -1.62. The number of anilines is 1. The number of hydrogen-bond donors (Lipinski definition) is 2. The van der Waals surface area contributed by atoms with Crippen LogP contribution in [0.2, 0.25) is 0 Å². The van der Waals surface area contributed by atoms with E-state index in [4.69, 9.17) is 0 Å². The minimum Gasteiger partial charge on any atom is -0.391 e. The first-order valence-corrected chi connectivity index (χ1v) is 6.49. The molecule has 19 heavy (non-hydrogen) atoms. The Balaban J connectivity index is 2.49. The van der Waals surface area contributed by atoms with Gasteiger partial charge in [0.05, 0.1) is 11.7 Å². The van der Waals surface area contributed by atoms with Crippen molar-refractivity contribution >= 4 is 11.7 Å². The fourth-order valence-corrected chi connectivity index (χ4v) is 1.72. The Labute approximate surface area is 114 Å². The van der Waals surface area contributed by atoms with Crippen LogP contribution in [0.4, 0.5) is 5.82 Å². The predicted octanol–water partition coefficient (Wildman–Crippen LogP) is 1.28. The van der Waals surface area contributed by atoms with E-state index in [9.17, 15) is 9.90 Å². The molecule has 0 spiro atoms. The van der Waals surface area contributed by atoms with E-state index in [0.29, 0.717) is 17.9 Å². The van der Waals surface area contributed by atoms with Crippen molar-refractivity contribution in [3.63, 3.8) is 0 Å². The third kappa shape index (κ3) is 5.26. The van der Waals surface area contributed by atoms with E-state index in [-0.39, 0.29) is 12.5 Å². The maximum Gasteiger partial charge on any atom is 0.252 e. The summed E-state index contributed by atoms with van der Waals surface area (Å²) in [5.41, 5.74) is 0.502. The van der Waals surface area contributed by atoms with Crippen molar-refractivity contribution in [1.82, 2.24) is 10.3 Å². The standard InChI is InChI=1S/C14H23N3O2/c1-10(2)7-12(18)9-16-14(19)11-5-6-13(15-8-11)17(3)4/h5-6,8,10,12,18H,7,9H2,1-4H3,(H,16,19). The highest BCUT2D eigenvalue weighted by Gasteiger charge is 2.11. The molecule has 1 aromatic heterocycles. The summed E-state index contributed by atoms with van der Waals surface area (Å²) < 4.78 is 0. The number of carbonyl (C=O) groups is 1. The number of carbonyl (C=O) groups excluding carboxylic acids is 1. The van der Waals surface area contributed by atoms with Crippen molar-refractivity contribution < 1.29 is 9.90 Å². The molecule has 1 unspecified atom stereocenters. The van der Waals surface area contributed by atoms with E-state index in [1.807, 2.05) is 32.8 Å². The number of amides is 1. The Kier molecular flexibility index (Phi) is 5.76. The lowest BCUT2D eigenvalue weighted by molar-refractivity contribution is 0.0900. The molecule has 0 aliphatic rings. The Morgan fingerprint density at radius 1 is 1.42 bits per heavy atom. The summed E-state index contributed by atoms with van der Waals surface area (Å²) in [5.74, 6) is 1.00. The molecule has 0 fully saturated rings. The SMILES string of the molecule is CC(C)CC(O)CNC(=O)c1ccc(N(C)C)nc1. The van der Waals surface area contributed by atoms with Gasteiger partial charge in [-0.3, -0.25) is 4.79 Å². The second-order valence-electron chi connectivity index (χ2n) is 5.29. The van der Waals surface area contributed by atoms with E-state index >= 15 is 0 Å². The molecule has 106 valence electrons. The summed E-state index contributed by atoms with van der Waals surface area (Å²) in [6.45, 7) is 4.34. The first-order chi connectivity index (χ1) is 8.90. The average molecular weight is 265 g/mol. The third-order valence-corrected chi connectivity index (χ3v) is 2.71. The highest BCUT2D eigenvalue weighted by Crippen LogP contribution is 2.08. The number of aliphatic hydroxyl groups excluding tert-OH is 1. The highest BCUT2D eigenvalue weighted by atomic mass is 16.3. The van der Waals surface area contributed by atoms with Gasteiger partial charge in [-0.2, -0.15) is 0 Å². The fraction of sp³-hybridized carbons (Fsp3) is 0.571. The lowest BCUT2D eigenvalue weighted by atomic mass is 10.1. The zero-order valence-electron chi connectivity index (χ0n) is 12.1. The van der Waals surface area contributed by atoms with Gasteiger partial charge < -0.3 is 15.3 Å². The van der Waals surface area contributed by atoms with Gasteiger partial charge in [0.1, 0.15) is 5.82 Å². The van der Waals surface area contributed by atoms with Gasteiger partial charge >= 0.3 is 0 Å². The van der Waals surface area contributed by atoms with Crippen LogP contribution < -0.4 is 10.2 Å². The van der Waals surface area contributed by atoms with E-state index in [2.05, 4.69) is 10.3 Å². The number of rotatable bonds is 6. The summed E-state index contributed by atoms with van der Waals surface area (Å²) in [6, 6.07) is 3.52. The monoisotopic (exact) mass is 265 g/mol. The molecule has 0 aliphatic carbocycles. The van der Waals surface area contributed by atoms with Gasteiger partial charge in [0.2, 0.25) is 0 Å². The first-order valence-electron chi connectivity index (χ1n) is 6.49. The number of aromatic nitrogens is 1. The van der Waals surface area contributed by atoms with Gasteiger partial charge in [-0.05, 0) is 24.5 Å². The summed E-state index contributed by atoms with van der Waals surface area (Å²) in [6.07, 6.45) is 1.72. The zero-order valence-corrected chi connectivity index (χ0v) is 12.1. The maximum absolute atomic E-state index is 11.8. The minimum absolute atomic E-state index is 0.208. The van der Waals surface area contributed by atoms with Crippen molar-refractivity contribution in [3.05, 3.63) is 23.9 Å². The van der Waals surface area contributed by atoms with Gasteiger partial charge in [0, 0.05) is 26.8 Å². The van der Waals surface area contributed by atoms with Gasteiger partial charge in [-0.15, -0.1) is 0 Å². The Bertz CT molecular complexity index is 402. The van der Waals surface area contributed by atoms with E-state index < -0.39 is 6.10 Å². The molecule has 1 amide bonds. The van der Waals surface area contributed by atoms with Crippen molar-refractivity contribution in [2.24, 2.45) is 5.92 Å². The predicted molar refractivity (Wildman–Crippen MR) is 76.4 cm³/mol. The molecule has 0 radical (unpaired) electrons. The van der Waals surface area contributed by atoms with E-state index in [0.717, 1.165) is 5.82 Å². The van der Waals surface area contributed by atoms with Gasteiger partial charge in [-0.1, -0.05) is 13.8 Å². The molecule has 5 heteroatoms. The molecule has 0 saturated carbocycles. The zero-order chi connectivity index (χ0) is 14.4. The van der Waals surface area contributed by atoms with Crippen molar-refractivity contribution in [3.8, 4) is 0 Å². The molecule has 0 aromatic carbocycles. The van der Waals surface area contributed by atoms with Gasteiger partial charge in [-0.25, -0.2) is 4.98 Å². The first kappa shape index (κ1) is 15.4. The van der Waals surface area contributed by atoms with Crippen LogP contribution in [0.15, 0.2) is 18.3 Å². The van der Waals surface area contributed by atoms with Crippen LogP contribution in [-0.4, -0.2) is 42.7 Å². The number of nitrogens with one attached hydrogen (secondary N) is 1. The second-order valence-corrected chi connectivity index (χ2v) is 5.29. The second kappa shape index (κ2) is 7.09. The van der Waals surface area contributed by atoms with E-state index in [1.165, 1.54) is 0 Å². The molecule has 1 atom stereocenters. The number of hydrogen-bond acceptors (Lipinski definition) is 4.